The lowest BCUT2D eigenvalue weighted by Crippen LogP contribution is -2.37. The summed E-state index contributed by atoms with van der Waals surface area (Å²) in [6, 6.07) is 8.84. The van der Waals surface area contributed by atoms with Crippen molar-refractivity contribution in [2.75, 3.05) is 20.3 Å². The van der Waals surface area contributed by atoms with E-state index >= 15 is 0 Å². The van der Waals surface area contributed by atoms with E-state index in [2.05, 4.69) is 10.3 Å². The van der Waals surface area contributed by atoms with Crippen LogP contribution in [0.1, 0.15) is 12.8 Å². The number of benzene rings is 1. The molecular formula is C18H21N3O4. The predicted octanol–water partition coefficient (Wildman–Crippen LogP) is 1.21. The van der Waals surface area contributed by atoms with Crippen molar-refractivity contribution in [2.45, 2.75) is 25.5 Å². The Morgan fingerprint density at radius 2 is 2.20 bits per heavy atom. The van der Waals surface area contributed by atoms with E-state index in [0.717, 1.165) is 24.2 Å². The van der Waals surface area contributed by atoms with Gasteiger partial charge in [-0.1, -0.05) is 0 Å². The minimum atomic E-state index is -0.354. The summed E-state index contributed by atoms with van der Waals surface area (Å²) in [6.45, 7) is 1.36. The van der Waals surface area contributed by atoms with E-state index in [4.69, 9.17) is 9.47 Å². The molecular weight excluding hydrogens is 322 g/mol. The topological polar surface area (TPSA) is 82.5 Å². The normalized spacial score (nSPS) is 16.6. The Morgan fingerprint density at radius 3 is 2.84 bits per heavy atom. The highest BCUT2D eigenvalue weighted by Crippen LogP contribution is 2.19. The van der Waals surface area contributed by atoms with Gasteiger partial charge in [-0.3, -0.25) is 14.2 Å². The third kappa shape index (κ3) is 4.24. The summed E-state index contributed by atoms with van der Waals surface area (Å²) in [7, 11) is 1.60. The lowest BCUT2D eigenvalue weighted by Gasteiger charge is -2.11. The van der Waals surface area contributed by atoms with Gasteiger partial charge in [-0.05, 0) is 37.1 Å². The van der Waals surface area contributed by atoms with Crippen LogP contribution in [0.15, 0.2) is 41.5 Å². The fraction of sp³-hybridized carbons (Fsp3) is 0.389. The highest BCUT2D eigenvalue weighted by molar-refractivity contribution is 5.80. The average molecular weight is 343 g/mol. The summed E-state index contributed by atoms with van der Waals surface area (Å²) in [5, 5.41) is 2.79. The third-order valence-corrected chi connectivity index (χ3v) is 4.14. The number of nitrogens with one attached hydrogen (secondary N) is 1. The molecule has 0 bridgehead atoms. The highest BCUT2D eigenvalue weighted by atomic mass is 16.5. The maximum Gasteiger partial charge on any atom is 0.253 e. The van der Waals surface area contributed by atoms with Crippen molar-refractivity contribution in [1.29, 1.82) is 0 Å². The van der Waals surface area contributed by atoms with Gasteiger partial charge in [0, 0.05) is 31.3 Å². The summed E-state index contributed by atoms with van der Waals surface area (Å²) in [4.78, 5) is 28.4. The number of nitrogens with zero attached hydrogens (tertiary/aromatic N) is 2. The van der Waals surface area contributed by atoms with Crippen LogP contribution in [0.25, 0.3) is 11.3 Å². The van der Waals surface area contributed by atoms with Gasteiger partial charge < -0.3 is 14.8 Å². The van der Waals surface area contributed by atoms with Gasteiger partial charge in [0.05, 0.1) is 19.1 Å². The summed E-state index contributed by atoms with van der Waals surface area (Å²) in [5.41, 5.74) is 1.29. The van der Waals surface area contributed by atoms with Crippen molar-refractivity contribution in [1.82, 2.24) is 14.9 Å². The smallest absolute Gasteiger partial charge is 0.253 e. The predicted molar refractivity (Wildman–Crippen MR) is 92.5 cm³/mol. The van der Waals surface area contributed by atoms with Gasteiger partial charge in [0.1, 0.15) is 11.9 Å². The Kier molecular flexibility index (Phi) is 5.45. The number of ether oxygens (including phenoxy) is 2. The van der Waals surface area contributed by atoms with Crippen LogP contribution >= 0.6 is 0 Å². The fourth-order valence-electron chi connectivity index (χ4n) is 2.71. The van der Waals surface area contributed by atoms with Gasteiger partial charge in [0.15, 0.2) is 0 Å². The Labute approximate surface area is 145 Å². The Balaban J connectivity index is 1.59. The Hall–Kier alpha value is -2.67. The summed E-state index contributed by atoms with van der Waals surface area (Å²) < 4.78 is 11.9. The second-order valence-electron chi connectivity index (χ2n) is 5.83. The molecule has 132 valence electrons. The lowest BCUT2D eigenvalue weighted by atomic mass is 10.1. The van der Waals surface area contributed by atoms with Crippen LogP contribution in [0.4, 0.5) is 0 Å². The second kappa shape index (κ2) is 7.94. The van der Waals surface area contributed by atoms with Crippen molar-refractivity contribution in [2.24, 2.45) is 0 Å². The van der Waals surface area contributed by atoms with Gasteiger partial charge in [0.2, 0.25) is 5.91 Å². The molecule has 1 N–H and O–H groups in total. The number of amides is 1. The molecule has 1 aromatic carbocycles. The molecule has 1 amide bonds. The minimum absolute atomic E-state index is 0.117. The number of aromatic nitrogens is 2. The molecule has 1 atom stereocenters. The number of methoxy groups -OCH3 is 1. The molecule has 1 fully saturated rings. The Bertz CT molecular complexity index is 780. The molecule has 0 aliphatic carbocycles. The highest BCUT2D eigenvalue weighted by Gasteiger charge is 2.22. The molecule has 0 spiro atoms. The first kappa shape index (κ1) is 17.2. The molecule has 0 radical (unpaired) electrons. The molecule has 1 unspecified atom stereocenters. The molecule has 1 aliphatic heterocycles. The largest absolute Gasteiger partial charge is 0.497 e. The van der Waals surface area contributed by atoms with Crippen LogP contribution in [0.3, 0.4) is 0 Å². The number of rotatable bonds is 6. The van der Waals surface area contributed by atoms with E-state index in [0.29, 0.717) is 25.4 Å². The van der Waals surface area contributed by atoms with Gasteiger partial charge in [-0.25, -0.2) is 4.98 Å². The van der Waals surface area contributed by atoms with E-state index in [-0.39, 0.29) is 17.6 Å². The third-order valence-electron chi connectivity index (χ3n) is 4.14. The molecule has 1 aromatic heterocycles. The number of hydrogen-bond donors (Lipinski definition) is 1. The van der Waals surface area contributed by atoms with Gasteiger partial charge in [-0.2, -0.15) is 0 Å². The quantitative estimate of drug-likeness (QED) is 0.853. The zero-order valence-electron chi connectivity index (χ0n) is 14.1. The van der Waals surface area contributed by atoms with E-state index in [1.807, 2.05) is 24.3 Å². The van der Waals surface area contributed by atoms with Gasteiger partial charge >= 0.3 is 0 Å². The molecule has 7 nitrogen and oxygen atoms in total. The van der Waals surface area contributed by atoms with E-state index in [1.54, 1.807) is 7.11 Å². The minimum Gasteiger partial charge on any atom is -0.497 e. The van der Waals surface area contributed by atoms with Crippen LogP contribution < -0.4 is 15.6 Å². The monoisotopic (exact) mass is 343 g/mol. The maximum absolute atomic E-state index is 12.2. The van der Waals surface area contributed by atoms with E-state index < -0.39 is 0 Å². The first-order valence-electron chi connectivity index (χ1n) is 8.27. The number of carbonyl (C=O) groups is 1. The van der Waals surface area contributed by atoms with E-state index in [9.17, 15) is 9.59 Å². The van der Waals surface area contributed by atoms with Crippen LogP contribution in [-0.2, 0) is 16.1 Å². The molecule has 2 heterocycles. The summed E-state index contributed by atoms with van der Waals surface area (Å²) in [5.74, 6) is 0.632. The first-order valence-corrected chi connectivity index (χ1v) is 8.27. The molecule has 1 aliphatic rings. The lowest BCUT2D eigenvalue weighted by molar-refractivity contribution is -0.130. The fourth-order valence-corrected chi connectivity index (χ4v) is 2.71. The first-order chi connectivity index (χ1) is 12.2. The number of hydrogen-bond acceptors (Lipinski definition) is 5. The van der Waals surface area contributed by atoms with Crippen molar-refractivity contribution >= 4 is 5.91 Å². The molecule has 2 aromatic rings. The van der Waals surface area contributed by atoms with Gasteiger partial charge in [0.25, 0.3) is 5.56 Å². The van der Waals surface area contributed by atoms with Crippen molar-refractivity contribution < 1.29 is 14.3 Å². The number of carbonyl (C=O) groups excluding carboxylic acids is 1. The zero-order valence-corrected chi connectivity index (χ0v) is 14.1. The van der Waals surface area contributed by atoms with Crippen molar-refractivity contribution in [3.63, 3.8) is 0 Å². The second-order valence-corrected chi connectivity index (χ2v) is 5.83. The molecule has 7 heteroatoms. The summed E-state index contributed by atoms with van der Waals surface area (Å²) >= 11 is 0. The van der Waals surface area contributed by atoms with Crippen LogP contribution in [0.5, 0.6) is 5.75 Å². The van der Waals surface area contributed by atoms with Crippen LogP contribution in [0.2, 0.25) is 0 Å². The average Bonchev–Trinajstić information content (AvgIpc) is 3.18. The zero-order chi connectivity index (χ0) is 17.6. The maximum atomic E-state index is 12.2. The van der Waals surface area contributed by atoms with E-state index in [1.165, 1.54) is 17.0 Å². The Morgan fingerprint density at radius 1 is 1.40 bits per heavy atom. The summed E-state index contributed by atoms with van der Waals surface area (Å²) in [6.07, 6.45) is 2.81. The molecule has 3 rings (SSSR count). The van der Waals surface area contributed by atoms with Crippen LogP contribution in [0, 0.1) is 0 Å². The SMILES string of the molecule is COc1ccc(-c2cc(=O)n(CCNC(=O)C3CCCO3)cn2)cc1. The van der Waals surface area contributed by atoms with Crippen LogP contribution in [-0.4, -0.2) is 41.8 Å². The van der Waals surface area contributed by atoms with Gasteiger partial charge in [-0.15, -0.1) is 0 Å². The molecule has 25 heavy (non-hydrogen) atoms. The molecule has 0 saturated carbocycles. The van der Waals surface area contributed by atoms with Crippen molar-refractivity contribution in [3.8, 4) is 17.0 Å². The molecule has 1 saturated heterocycles. The standard InChI is InChI=1S/C18H21N3O4/c1-24-14-6-4-13(5-7-14)15-11-17(22)21(12-20-15)9-8-19-18(23)16-3-2-10-25-16/h4-7,11-12,16H,2-3,8-10H2,1H3,(H,19,23). The van der Waals surface area contributed by atoms with Crippen molar-refractivity contribution in [3.05, 3.63) is 47.0 Å².